The van der Waals surface area contributed by atoms with E-state index in [0.717, 1.165) is 0 Å². The molecule has 0 amide bonds. The van der Waals surface area contributed by atoms with Gasteiger partial charge < -0.3 is 9.97 Å². The molecule has 2 N–H and O–H groups in total. The number of halogens is 4. The highest BCUT2D eigenvalue weighted by atomic mass is 19.3. The zero-order chi connectivity index (χ0) is 20.1. The summed E-state index contributed by atoms with van der Waals surface area (Å²) in [6.45, 7) is 0. The van der Waals surface area contributed by atoms with E-state index in [1.807, 2.05) is 0 Å². The van der Waals surface area contributed by atoms with Crippen molar-refractivity contribution in [1.29, 1.82) is 0 Å². The summed E-state index contributed by atoms with van der Waals surface area (Å²) in [7, 11) is 0. The summed E-state index contributed by atoms with van der Waals surface area (Å²) in [4.78, 5) is 29.8. The number of aromatic amines is 2. The molecule has 8 heteroatoms. The van der Waals surface area contributed by atoms with Gasteiger partial charge in [0.05, 0.1) is 5.52 Å². The van der Waals surface area contributed by atoms with Crippen LogP contribution in [0.15, 0.2) is 27.9 Å². The van der Waals surface area contributed by atoms with E-state index in [1.165, 1.54) is 18.3 Å². The molecule has 0 bridgehead atoms. The number of aromatic nitrogens is 2. The van der Waals surface area contributed by atoms with Crippen molar-refractivity contribution in [1.82, 2.24) is 9.97 Å². The van der Waals surface area contributed by atoms with Crippen LogP contribution in [0.2, 0.25) is 0 Å². The molecule has 0 saturated heterocycles. The largest absolute Gasteiger partial charge is 0.358 e. The van der Waals surface area contributed by atoms with Crippen LogP contribution >= 0.6 is 0 Å². The van der Waals surface area contributed by atoms with Gasteiger partial charge in [0, 0.05) is 49.6 Å². The van der Waals surface area contributed by atoms with Crippen molar-refractivity contribution in [2.45, 2.75) is 62.7 Å². The maximum atomic E-state index is 14.2. The molecule has 2 aliphatic rings. The van der Waals surface area contributed by atoms with Crippen LogP contribution in [0.5, 0.6) is 0 Å². The molecular weight excluding hydrogens is 376 g/mol. The second kappa shape index (κ2) is 6.74. The van der Waals surface area contributed by atoms with Gasteiger partial charge in [-0.1, -0.05) is 0 Å². The van der Waals surface area contributed by atoms with Crippen molar-refractivity contribution < 1.29 is 17.6 Å². The molecule has 2 heterocycles. The minimum Gasteiger partial charge on any atom is -0.358 e. The molecule has 2 atom stereocenters. The number of fused-ring (bicyclic) bond motifs is 1. The number of pyridine rings is 2. The van der Waals surface area contributed by atoms with E-state index in [1.54, 1.807) is 0 Å². The maximum Gasteiger partial charge on any atom is 0.261 e. The topological polar surface area (TPSA) is 65.7 Å². The summed E-state index contributed by atoms with van der Waals surface area (Å²) in [6.07, 6.45) is 1.11. The van der Waals surface area contributed by atoms with E-state index in [2.05, 4.69) is 9.97 Å². The number of alkyl halides is 4. The zero-order valence-electron chi connectivity index (χ0n) is 15.2. The fraction of sp³-hybridized carbons (Fsp3) is 0.600. The van der Waals surface area contributed by atoms with Gasteiger partial charge in [-0.05, 0) is 37.2 Å². The van der Waals surface area contributed by atoms with Crippen molar-refractivity contribution in [2.75, 3.05) is 0 Å². The lowest BCUT2D eigenvalue weighted by Crippen LogP contribution is -2.38. The highest BCUT2D eigenvalue weighted by Crippen LogP contribution is 2.51. The number of rotatable bonds is 2. The normalized spacial score (nSPS) is 27.7. The minimum atomic E-state index is -2.86. The van der Waals surface area contributed by atoms with E-state index in [-0.39, 0.29) is 42.9 Å². The Balaban J connectivity index is 1.72. The number of H-pyrrole nitrogens is 2. The van der Waals surface area contributed by atoms with Crippen LogP contribution in [0.1, 0.15) is 56.6 Å². The fourth-order valence-corrected chi connectivity index (χ4v) is 4.98. The first-order chi connectivity index (χ1) is 13.2. The highest BCUT2D eigenvalue weighted by molar-refractivity contribution is 5.77. The molecule has 0 aromatic carbocycles. The van der Waals surface area contributed by atoms with Crippen LogP contribution in [0.4, 0.5) is 17.6 Å². The number of hydrogen-bond donors (Lipinski definition) is 2. The molecule has 2 unspecified atom stereocenters. The third-order valence-electron chi connectivity index (χ3n) is 6.42. The maximum absolute atomic E-state index is 14.2. The predicted molar refractivity (Wildman–Crippen MR) is 97.1 cm³/mol. The van der Waals surface area contributed by atoms with Gasteiger partial charge in [0.25, 0.3) is 5.56 Å². The van der Waals surface area contributed by atoms with Gasteiger partial charge in [0.2, 0.25) is 11.8 Å². The Morgan fingerprint density at radius 3 is 2.36 bits per heavy atom. The Morgan fingerprint density at radius 1 is 0.964 bits per heavy atom. The second-order valence-electron chi connectivity index (χ2n) is 8.25. The summed E-state index contributed by atoms with van der Waals surface area (Å²) >= 11 is 0. The van der Waals surface area contributed by atoms with Crippen LogP contribution in [0.25, 0.3) is 10.9 Å². The molecule has 2 fully saturated rings. The Bertz CT molecular complexity index is 988. The minimum absolute atomic E-state index is 0.0392. The monoisotopic (exact) mass is 398 g/mol. The summed E-state index contributed by atoms with van der Waals surface area (Å²) in [5.74, 6) is -6.43. The molecule has 2 aliphatic carbocycles. The second-order valence-corrected chi connectivity index (χ2v) is 8.25. The standard InChI is InChI=1S/C20H22F4N2O2/c21-19(22)5-1-11(2-6-19)12-3-7-20(23,24)10-13(12)15-9-16(27)17-14(26-15)4-8-25-18(17)28/h4,8-9,11-13H,1-3,5-7,10H2,(H,25,28)(H,26,27). The van der Waals surface area contributed by atoms with E-state index in [4.69, 9.17) is 0 Å². The molecule has 2 aromatic heterocycles. The fourth-order valence-electron chi connectivity index (χ4n) is 4.98. The van der Waals surface area contributed by atoms with Gasteiger partial charge in [-0.15, -0.1) is 0 Å². The lowest BCUT2D eigenvalue weighted by atomic mass is 9.65. The molecule has 0 spiro atoms. The van der Waals surface area contributed by atoms with Crippen molar-refractivity contribution in [3.8, 4) is 0 Å². The molecule has 28 heavy (non-hydrogen) atoms. The third-order valence-corrected chi connectivity index (χ3v) is 6.42. The van der Waals surface area contributed by atoms with Crippen LogP contribution in [-0.4, -0.2) is 21.8 Å². The number of nitrogens with one attached hydrogen (secondary N) is 2. The molecule has 0 radical (unpaired) electrons. The van der Waals surface area contributed by atoms with Crippen LogP contribution in [-0.2, 0) is 0 Å². The Kier molecular flexibility index (Phi) is 4.62. The molecular formula is C20H22F4N2O2. The van der Waals surface area contributed by atoms with E-state index >= 15 is 0 Å². The zero-order valence-corrected chi connectivity index (χ0v) is 15.2. The van der Waals surface area contributed by atoms with Crippen LogP contribution in [0.3, 0.4) is 0 Å². The molecule has 0 aliphatic heterocycles. The molecule has 4 rings (SSSR count). The van der Waals surface area contributed by atoms with Crippen molar-refractivity contribution in [3.05, 3.63) is 44.6 Å². The first-order valence-electron chi connectivity index (χ1n) is 9.65. The summed E-state index contributed by atoms with van der Waals surface area (Å²) in [5, 5.41) is -0.0392. The third kappa shape index (κ3) is 3.61. The SMILES string of the molecule is O=c1cc(C2CC(F)(F)CCC2C2CCC(F)(F)CC2)[nH]c2cc[nH]c(=O)c12. The first kappa shape index (κ1) is 19.2. The predicted octanol–water partition coefficient (Wildman–Crippen LogP) is 4.56. The van der Waals surface area contributed by atoms with Crippen LogP contribution in [0, 0.1) is 11.8 Å². The molecule has 2 saturated carbocycles. The Hall–Kier alpha value is -2.12. The molecule has 152 valence electrons. The highest BCUT2D eigenvalue weighted by Gasteiger charge is 2.47. The molecule has 4 nitrogen and oxygen atoms in total. The van der Waals surface area contributed by atoms with E-state index in [9.17, 15) is 27.2 Å². The van der Waals surface area contributed by atoms with Crippen molar-refractivity contribution in [3.63, 3.8) is 0 Å². The number of hydrogen-bond acceptors (Lipinski definition) is 2. The van der Waals surface area contributed by atoms with E-state index in [0.29, 0.717) is 24.1 Å². The van der Waals surface area contributed by atoms with Gasteiger partial charge in [-0.25, -0.2) is 17.6 Å². The summed E-state index contributed by atoms with van der Waals surface area (Å²) in [5.41, 5.74) is -0.391. The molecule has 2 aromatic rings. The summed E-state index contributed by atoms with van der Waals surface area (Å²) < 4.78 is 55.5. The van der Waals surface area contributed by atoms with Gasteiger partial charge >= 0.3 is 0 Å². The first-order valence-corrected chi connectivity index (χ1v) is 9.65. The van der Waals surface area contributed by atoms with E-state index < -0.39 is 35.2 Å². The average Bonchev–Trinajstić information content (AvgIpc) is 2.61. The van der Waals surface area contributed by atoms with Gasteiger partial charge in [-0.3, -0.25) is 9.59 Å². The van der Waals surface area contributed by atoms with Gasteiger partial charge in [-0.2, -0.15) is 0 Å². The lowest BCUT2D eigenvalue weighted by Gasteiger charge is -2.42. The Morgan fingerprint density at radius 2 is 1.64 bits per heavy atom. The Labute approximate surface area is 158 Å². The average molecular weight is 398 g/mol. The smallest absolute Gasteiger partial charge is 0.261 e. The summed E-state index contributed by atoms with van der Waals surface area (Å²) in [6, 6.07) is 2.76. The van der Waals surface area contributed by atoms with Crippen molar-refractivity contribution in [2.24, 2.45) is 11.8 Å². The van der Waals surface area contributed by atoms with Crippen molar-refractivity contribution >= 4 is 10.9 Å². The van der Waals surface area contributed by atoms with Crippen LogP contribution < -0.4 is 11.0 Å². The quantitative estimate of drug-likeness (QED) is 0.729. The lowest BCUT2D eigenvalue weighted by molar-refractivity contribution is -0.0840. The van der Waals surface area contributed by atoms with Gasteiger partial charge in [0.15, 0.2) is 5.43 Å². The van der Waals surface area contributed by atoms with Gasteiger partial charge in [0.1, 0.15) is 5.39 Å².